The van der Waals surface area contributed by atoms with Crippen molar-refractivity contribution in [3.63, 3.8) is 0 Å². The summed E-state index contributed by atoms with van der Waals surface area (Å²) in [7, 11) is 0. The van der Waals surface area contributed by atoms with Crippen LogP contribution in [0.2, 0.25) is 0 Å². The number of carbonyl (C=O) groups excluding carboxylic acids is 1. The van der Waals surface area contributed by atoms with E-state index >= 15 is 0 Å². The van der Waals surface area contributed by atoms with Gasteiger partial charge in [0.2, 0.25) is 5.91 Å². The van der Waals surface area contributed by atoms with Gasteiger partial charge in [-0.05, 0) is 44.0 Å². The molecular weight excluding hydrogens is 293 g/mol. The van der Waals surface area contributed by atoms with E-state index in [1.807, 2.05) is 19.1 Å². The average Bonchev–Trinajstić information content (AvgIpc) is 2.79. The Labute approximate surface area is 138 Å². The van der Waals surface area contributed by atoms with E-state index in [0.717, 1.165) is 57.7 Å². The summed E-state index contributed by atoms with van der Waals surface area (Å²) in [6.45, 7) is 9.41. The smallest absolute Gasteiger partial charge is 0.237 e. The Morgan fingerprint density at radius 3 is 2.65 bits per heavy atom. The molecule has 0 aliphatic carbocycles. The van der Waals surface area contributed by atoms with Gasteiger partial charge in [-0.2, -0.15) is 0 Å². The van der Waals surface area contributed by atoms with Gasteiger partial charge in [0.1, 0.15) is 5.82 Å². The monoisotopic (exact) mass is 321 g/mol. The van der Waals surface area contributed by atoms with E-state index in [9.17, 15) is 9.18 Å². The summed E-state index contributed by atoms with van der Waals surface area (Å²) >= 11 is 0. The molecule has 1 aromatic carbocycles. The number of hydrogen-bond acceptors (Lipinski definition) is 3. The molecule has 1 fully saturated rings. The maximum atomic E-state index is 13.0. The highest BCUT2D eigenvalue weighted by molar-refractivity contribution is 5.81. The van der Waals surface area contributed by atoms with Crippen LogP contribution in [0.5, 0.6) is 0 Å². The highest BCUT2D eigenvalue weighted by Gasteiger charge is 2.23. The summed E-state index contributed by atoms with van der Waals surface area (Å²) in [5.41, 5.74) is 1.13. The van der Waals surface area contributed by atoms with Crippen molar-refractivity contribution in [2.24, 2.45) is 0 Å². The van der Waals surface area contributed by atoms with Gasteiger partial charge in [0.25, 0.3) is 0 Å². The first-order valence-corrected chi connectivity index (χ1v) is 8.58. The molecule has 0 bridgehead atoms. The molecule has 0 aromatic heterocycles. The molecule has 1 aromatic rings. The molecule has 1 unspecified atom stereocenters. The van der Waals surface area contributed by atoms with Crippen LogP contribution in [0.4, 0.5) is 4.39 Å². The zero-order chi connectivity index (χ0) is 16.7. The fraction of sp³-hybridized carbons (Fsp3) is 0.611. The van der Waals surface area contributed by atoms with Crippen LogP contribution in [-0.4, -0.2) is 54.5 Å². The van der Waals surface area contributed by atoms with Crippen LogP contribution in [0, 0.1) is 5.82 Å². The van der Waals surface area contributed by atoms with Crippen molar-refractivity contribution < 1.29 is 9.18 Å². The first-order chi connectivity index (χ1) is 11.1. The third kappa shape index (κ3) is 5.59. The third-order valence-corrected chi connectivity index (χ3v) is 4.42. The van der Waals surface area contributed by atoms with Gasteiger partial charge in [0.15, 0.2) is 0 Å². The molecule has 1 saturated heterocycles. The van der Waals surface area contributed by atoms with Gasteiger partial charge in [-0.3, -0.25) is 14.6 Å². The highest BCUT2D eigenvalue weighted by atomic mass is 19.1. The lowest BCUT2D eigenvalue weighted by atomic mass is 10.2. The standard InChI is InChI=1S/C18H28FN3O/c1-3-9-20-18(23)15(2)22-11-4-10-21(12-13-22)14-16-5-7-17(19)8-6-16/h5-8,15H,3-4,9-14H2,1-2H3,(H,20,23). The number of nitrogens with one attached hydrogen (secondary N) is 1. The van der Waals surface area contributed by atoms with Crippen molar-refractivity contribution in [3.05, 3.63) is 35.6 Å². The van der Waals surface area contributed by atoms with Crippen molar-refractivity contribution in [2.45, 2.75) is 39.3 Å². The Balaban J connectivity index is 1.84. The minimum absolute atomic E-state index is 0.0766. The summed E-state index contributed by atoms with van der Waals surface area (Å²) in [5, 5.41) is 2.98. The van der Waals surface area contributed by atoms with E-state index in [1.54, 1.807) is 0 Å². The molecule has 1 N–H and O–H groups in total. The Kier molecular flexibility index (Phi) is 6.99. The number of nitrogens with zero attached hydrogens (tertiary/aromatic N) is 2. The van der Waals surface area contributed by atoms with E-state index in [2.05, 4.69) is 22.0 Å². The second-order valence-corrected chi connectivity index (χ2v) is 6.26. The second-order valence-electron chi connectivity index (χ2n) is 6.26. The summed E-state index contributed by atoms with van der Waals surface area (Å²) < 4.78 is 13.0. The number of carbonyl (C=O) groups is 1. The number of amides is 1. The van der Waals surface area contributed by atoms with Gasteiger partial charge in [0.05, 0.1) is 6.04 Å². The van der Waals surface area contributed by atoms with Crippen LogP contribution in [0.15, 0.2) is 24.3 Å². The van der Waals surface area contributed by atoms with Gasteiger partial charge in [-0.25, -0.2) is 4.39 Å². The van der Waals surface area contributed by atoms with Gasteiger partial charge in [0, 0.05) is 32.7 Å². The molecule has 1 amide bonds. The lowest BCUT2D eigenvalue weighted by Gasteiger charge is -2.27. The molecule has 23 heavy (non-hydrogen) atoms. The number of halogens is 1. The van der Waals surface area contributed by atoms with E-state index in [0.29, 0.717) is 0 Å². The molecule has 1 heterocycles. The highest BCUT2D eigenvalue weighted by Crippen LogP contribution is 2.12. The lowest BCUT2D eigenvalue weighted by Crippen LogP contribution is -2.46. The summed E-state index contributed by atoms with van der Waals surface area (Å²) in [6, 6.07) is 6.64. The van der Waals surface area contributed by atoms with Crippen molar-refractivity contribution in [1.82, 2.24) is 15.1 Å². The quantitative estimate of drug-likeness (QED) is 0.873. The first-order valence-electron chi connectivity index (χ1n) is 8.58. The Morgan fingerprint density at radius 1 is 1.22 bits per heavy atom. The van der Waals surface area contributed by atoms with Crippen LogP contribution in [0.25, 0.3) is 0 Å². The molecule has 0 spiro atoms. The molecule has 1 aliphatic heterocycles. The van der Waals surface area contributed by atoms with Gasteiger partial charge < -0.3 is 5.32 Å². The molecule has 0 radical (unpaired) electrons. The van der Waals surface area contributed by atoms with Crippen molar-refractivity contribution >= 4 is 5.91 Å². The van der Waals surface area contributed by atoms with Crippen LogP contribution in [-0.2, 0) is 11.3 Å². The number of hydrogen-bond donors (Lipinski definition) is 1. The summed E-state index contributed by atoms with van der Waals surface area (Å²) in [5.74, 6) is -0.0680. The number of rotatable bonds is 6. The maximum absolute atomic E-state index is 13.0. The topological polar surface area (TPSA) is 35.6 Å². The molecule has 128 valence electrons. The Morgan fingerprint density at radius 2 is 1.96 bits per heavy atom. The van der Waals surface area contributed by atoms with Gasteiger partial charge in [-0.1, -0.05) is 19.1 Å². The van der Waals surface area contributed by atoms with Crippen LogP contribution in [0.1, 0.15) is 32.3 Å². The van der Waals surface area contributed by atoms with Gasteiger partial charge in [-0.15, -0.1) is 0 Å². The average molecular weight is 321 g/mol. The molecule has 0 saturated carbocycles. The summed E-state index contributed by atoms with van der Waals surface area (Å²) in [6.07, 6.45) is 2.01. The minimum atomic E-state index is -0.192. The normalized spacial score (nSPS) is 18.4. The van der Waals surface area contributed by atoms with Crippen molar-refractivity contribution in [2.75, 3.05) is 32.7 Å². The Hall–Kier alpha value is -1.46. The Bertz CT molecular complexity index is 492. The fourth-order valence-electron chi connectivity index (χ4n) is 2.95. The van der Waals surface area contributed by atoms with Crippen LogP contribution >= 0.6 is 0 Å². The minimum Gasteiger partial charge on any atom is -0.355 e. The predicted molar refractivity (Wildman–Crippen MR) is 90.6 cm³/mol. The molecule has 1 atom stereocenters. The maximum Gasteiger partial charge on any atom is 0.237 e. The molecule has 2 rings (SSSR count). The van der Waals surface area contributed by atoms with E-state index in [-0.39, 0.29) is 17.8 Å². The fourth-order valence-corrected chi connectivity index (χ4v) is 2.95. The SMILES string of the molecule is CCCNC(=O)C(C)N1CCCN(Cc2ccc(F)cc2)CC1. The number of benzene rings is 1. The largest absolute Gasteiger partial charge is 0.355 e. The second kappa shape index (κ2) is 8.99. The predicted octanol–water partition coefficient (Wildman–Crippen LogP) is 2.25. The van der Waals surface area contributed by atoms with E-state index < -0.39 is 0 Å². The van der Waals surface area contributed by atoms with Crippen LogP contribution < -0.4 is 5.32 Å². The molecular formula is C18H28FN3O. The molecule has 5 heteroatoms. The van der Waals surface area contributed by atoms with Crippen molar-refractivity contribution in [1.29, 1.82) is 0 Å². The lowest BCUT2D eigenvalue weighted by molar-refractivity contribution is -0.125. The van der Waals surface area contributed by atoms with E-state index in [1.165, 1.54) is 12.1 Å². The molecule has 1 aliphatic rings. The third-order valence-electron chi connectivity index (χ3n) is 4.42. The van der Waals surface area contributed by atoms with Crippen LogP contribution in [0.3, 0.4) is 0 Å². The first kappa shape index (κ1) is 17.9. The summed E-state index contributed by atoms with van der Waals surface area (Å²) in [4.78, 5) is 16.8. The molecule has 4 nitrogen and oxygen atoms in total. The van der Waals surface area contributed by atoms with Gasteiger partial charge >= 0.3 is 0 Å². The zero-order valence-electron chi connectivity index (χ0n) is 14.2. The van der Waals surface area contributed by atoms with E-state index in [4.69, 9.17) is 0 Å². The van der Waals surface area contributed by atoms with Crippen molar-refractivity contribution in [3.8, 4) is 0 Å². The zero-order valence-corrected chi connectivity index (χ0v) is 14.2.